The number of nitrogens with one attached hydrogen (secondary N) is 1. The molecular formula is C21H22N4O3. The zero-order chi connectivity index (χ0) is 20.5. The molecule has 144 valence electrons. The number of aliphatic hydroxyl groups is 1. The lowest BCUT2D eigenvalue weighted by Crippen LogP contribution is -2.15. The molecule has 1 aromatic heterocycles. The summed E-state index contributed by atoms with van der Waals surface area (Å²) in [4.78, 5) is 11.4. The zero-order valence-corrected chi connectivity index (χ0v) is 16.0. The fourth-order valence-corrected chi connectivity index (χ4v) is 2.42. The van der Waals surface area contributed by atoms with Crippen molar-refractivity contribution >= 4 is 11.7 Å². The van der Waals surface area contributed by atoms with Gasteiger partial charge in [-0.25, -0.2) is 9.48 Å². The van der Waals surface area contributed by atoms with Crippen LogP contribution in [0.2, 0.25) is 0 Å². The second-order valence-corrected chi connectivity index (χ2v) is 5.96. The molecule has 0 radical (unpaired) electrons. The van der Waals surface area contributed by atoms with E-state index < -0.39 is 5.97 Å². The zero-order valence-electron chi connectivity index (χ0n) is 16.0. The first-order chi connectivity index (χ1) is 13.5. The van der Waals surface area contributed by atoms with Crippen molar-refractivity contribution in [3.8, 4) is 5.69 Å². The van der Waals surface area contributed by atoms with Crippen molar-refractivity contribution in [2.45, 2.75) is 13.8 Å². The Morgan fingerprint density at radius 2 is 1.79 bits per heavy atom. The molecule has 28 heavy (non-hydrogen) atoms. The van der Waals surface area contributed by atoms with Gasteiger partial charge in [-0.1, -0.05) is 52.7 Å². The van der Waals surface area contributed by atoms with E-state index in [9.17, 15) is 4.79 Å². The van der Waals surface area contributed by atoms with E-state index in [-0.39, 0.29) is 11.3 Å². The van der Waals surface area contributed by atoms with Crippen LogP contribution < -0.4 is 0 Å². The normalized spacial score (nSPS) is 10.6. The molecule has 2 aromatic carbocycles. The van der Waals surface area contributed by atoms with E-state index in [1.54, 1.807) is 41.3 Å². The molecule has 0 aliphatic heterocycles. The first-order valence-electron chi connectivity index (χ1n) is 8.48. The second kappa shape index (κ2) is 9.82. The Bertz CT molecular complexity index is 944. The van der Waals surface area contributed by atoms with E-state index in [4.69, 9.17) is 10.5 Å². The minimum Gasteiger partial charge on any atom is -0.515 e. The smallest absolute Gasteiger partial charge is 0.343 e. The molecule has 7 nitrogen and oxygen atoms in total. The second-order valence-electron chi connectivity index (χ2n) is 5.96. The Labute approximate surface area is 163 Å². The number of esters is 1. The van der Waals surface area contributed by atoms with Crippen LogP contribution in [0, 0.1) is 19.3 Å². The number of aliphatic hydroxyl groups excluding tert-OH is 1. The molecule has 0 bridgehead atoms. The Kier molecular flexibility index (Phi) is 7.21. The summed E-state index contributed by atoms with van der Waals surface area (Å²) in [5, 5.41) is 24.5. The van der Waals surface area contributed by atoms with Gasteiger partial charge in [0, 0.05) is 5.56 Å². The third-order valence-electron chi connectivity index (χ3n) is 3.82. The molecule has 0 aliphatic rings. The fraction of sp³-hybridized carbons (Fsp3) is 0.143. The van der Waals surface area contributed by atoms with Gasteiger partial charge < -0.3 is 9.84 Å². The largest absolute Gasteiger partial charge is 0.515 e. The van der Waals surface area contributed by atoms with Crippen LogP contribution >= 0.6 is 0 Å². The van der Waals surface area contributed by atoms with Crippen molar-refractivity contribution in [3.05, 3.63) is 89.5 Å². The Balaban J connectivity index is 0.000000292. The van der Waals surface area contributed by atoms with Crippen LogP contribution in [0.3, 0.4) is 0 Å². The first kappa shape index (κ1) is 20.6. The third-order valence-corrected chi connectivity index (χ3v) is 3.82. The predicted octanol–water partition coefficient (Wildman–Crippen LogP) is 3.55. The van der Waals surface area contributed by atoms with Gasteiger partial charge in [0.15, 0.2) is 0 Å². The molecule has 3 aromatic rings. The van der Waals surface area contributed by atoms with Crippen molar-refractivity contribution in [3.63, 3.8) is 0 Å². The Hall–Kier alpha value is -3.74. The lowest BCUT2D eigenvalue weighted by Gasteiger charge is -2.07. The maximum atomic E-state index is 11.4. The Morgan fingerprint density at radius 3 is 2.21 bits per heavy atom. The van der Waals surface area contributed by atoms with Crippen molar-refractivity contribution in [1.29, 1.82) is 5.41 Å². The molecule has 0 spiro atoms. The standard InChI is InChI=1S/C13H12N4O3.C8H10/c1-20-13(19)11(8-18)12(14)9-2-4-10(5-3-9)17-7-6-15-16-17;1-7-4-3-5-8(2)6-7/h2-8,14,18H,1H3;3-6H,1-2H3. The van der Waals surface area contributed by atoms with Gasteiger partial charge in [0.2, 0.25) is 0 Å². The molecule has 2 N–H and O–H groups in total. The van der Waals surface area contributed by atoms with Crippen LogP contribution in [-0.4, -0.2) is 38.9 Å². The number of carbonyl (C=O) groups excluding carboxylic acids is 1. The Morgan fingerprint density at radius 1 is 1.14 bits per heavy atom. The summed E-state index contributed by atoms with van der Waals surface area (Å²) in [5.41, 5.74) is 3.59. The molecule has 0 atom stereocenters. The number of nitrogens with zero attached hydrogens (tertiary/aromatic N) is 3. The number of rotatable bonds is 4. The quantitative estimate of drug-likeness (QED) is 0.313. The van der Waals surface area contributed by atoms with Gasteiger partial charge in [-0.2, -0.15) is 0 Å². The molecule has 0 fully saturated rings. The lowest BCUT2D eigenvalue weighted by atomic mass is 10.0. The van der Waals surface area contributed by atoms with Crippen LogP contribution in [-0.2, 0) is 9.53 Å². The molecule has 7 heteroatoms. The SMILES string of the molecule is COC(=O)C(=CO)C(=N)c1ccc(-n2ccnn2)cc1.Cc1cccc(C)c1. The lowest BCUT2D eigenvalue weighted by molar-refractivity contribution is -0.135. The highest BCUT2D eigenvalue weighted by atomic mass is 16.5. The minimum absolute atomic E-state index is 0.121. The van der Waals surface area contributed by atoms with E-state index in [0.29, 0.717) is 11.8 Å². The summed E-state index contributed by atoms with van der Waals surface area (Å²) in [5.74, 6) is -0.766. The molecule has 0 amide bonds. The molecule has 1 heterocycles. The summed E-state index contributed by atoms with van der Waals surface area (Å²) in [6, 6.07) is 15.2. The van der Waals surface area contributed by atoms with E-state index in [1.165, 1.54) is 18.2 Å². The summed E-state index contributed by atoms with van der Waals surface area (Å²) in [6.07, 6.45) is 3.81. The first-order valence-corrected chi connectivity index (χ1v) is 8.48. The van der Waals surface area contributed by atoms with E-state index in [0.717, 1.165) is 5.69 Å². The molecule has 3 rings (SSSR count). The number of ether oxygens (including phenoxy) is 1. The van der Waals surface area contributed by atoms with E-state index >= 15 is 0 Å². The minimum atomic E-state index is -0.766. The number of aryl methyl sites for hydroxylation is 2. The number of benzene rings is 2. The number of aromatic nitrogens is 3. The number of carbonyl (C=O) groups is 1. The third kappa shape index (κ3) is 5.38. The van der Waals surface area contributed by atoms with Gasteiger partial charge >= 0.3 is 5.97 Å². The maximum absolute atomic E-state index is 11.4. The summed E-state index contributed by atoms with van der Waals surface area (Å²) >= 11 is 0. The van der Waals surface area contributed by atoms with Crippen molar-refractivity contribution in [2.75, 3.05) is 7.11 Å². The maximum Gasteiger partial charge on any atom is 0.343 e. The van der Waals surface area contributed by atoms with Gasteiger partial charge in [0.1, 0.15) is 5.57 Å². The summed E-state index contributed by atoms with van der Waals surface area (Å²) in [7, 11) is 1.19. The fourth-order valence-electron chi connectivity index (χ4n) is 2.42. The highest BCUT2D eigenvalue weighted by Gasteiger charge is 2.17. The van der Waals surface area contributed by atoms with Gasteiger partial charge in [0.25, 0.3) is 0 Å². The molecular weight excluding hydrogens is 356 g/mol. The predicted molar refractivity (Wildman–Crippen MR) is 107 cm³/mol. The topological polar surface area (TPSA) is 101 Å². The van der Waals surface area contributed by atoms with Crippen LogP contribution in [0.15, 0.2) is 72.8 Å². The summed E-state index contributed by atoms with van der Waals surface area (Å²) in [6.45, 7) is 4.21. The molecule has 0 unspecified atom stereocenters. The van der Waals surface area contributed by atoms with Crippen LogP contribution in [0.25, 0.3) is 5.69 Å². The number of hydrogen-bond acceptors (Lipinski definition) is 6. The van der Waals surface area contributed by atoms with Gasteiger partial charge in [-0.15, -0.1) is 5.10 Å². The van der Waals surface area contributed by atoms with Crippen molar-refractivity contribution in [2.24, 2.45) is 0 Å². The molecule has 0 aliphatic carbocycles. The van der Waals surface area contributed by atoms with E-state index in [2.05, 4.69) is 53.2 Å². The van der Waals surface area contributed by atoms with Crippen molar-refractivity contribution in [1.82, 2.24) is 15.0 Å². The average Bonchev–Trinajstić information content (AvgIpc) is 3.23. The van der Waals surface area contributed by atoms with Gasteiger partial charge in [0.05, 0.1) is 37.2 Å². The van der Waals surface area contributed by atoms with Crippen LogP contribution in [0.1, 0.15) is 16.7 Å². The highest BCUT2D eigenvalue weighted by Crippen LogP contribution is 2.13. The van der Waals surface area contributed by atoms with E-state index in [1.807, 2.05) is 0 Å². The molecule has 0 saturated carbocycles. The van der Waals surface area contributed by atoms with Crippen LogP contribution in [0.5, 0.6) is 0 Å². The highest BCUT2D eigenvalue weighted by molar-refractivity contribution is 6.25. The monoisotopic (exact) mass is 378 g/mol. The average molecular weight is 378 g/mol. The number of methoxy groups -OCH3 is 1. The van der Waals surface area contributed by atoms with Crippen LogP contribution in [0.4, 0.5) is 0 Å². The number of hydrogen-bond donors (Lipinski definition) is 2. The van der Waals surface area contributed by atoms with Gasteiger partial charge in [-0.3, -0.25) is 5.41 Å². The molecule has 0 saturated heterocycles. The van der Waals surface area contributed by atoms with Gasteiger partial charge in [-0.05, 0) is 26.0 Å². The van der Waals surface area contributed by atoms with Crippen molar-refractivity contribution < 1.29 is 14.6 Å². The summed E-state index contributed by atoms with van der Waals surface area (Å²) < 4.78 is 6.06.